The van der Waals surface area contributed by atoms with Gasteiger partial charge in [-0.15, -0.1) is 0 Å². The maximum absolute atomic E-state index is 11.1. The second kappa shape index (κ2) is 4.38. The van der Waals surface area contributed by atoms with Gasteiger partial charge in [0.05, 0.1) is 0 Å². The number of carbonyl (C=O) groups is 1. The third kappa shape index (κ3) is 1.95. The van der Waals surface area contributed by atoms with Gasteiger partial charge in [0.15, 0.2) is 17.2 Å². The molecule has 0 spiro atoms. The van der Waals surface area contributed by atoms with Crippen molar-refractivity contribution in [1.29, 1.82) is 0 Å². The maximum Gasteiger partial charge on any atom is 0.354 e. The van der Waals surface area contributed by atoms with E-state index in [1.54, 1.807) is 12.1 Å². The topological polar surface area (TPSA) is 76.7 Å². The van der Waals surface area contributed by atoms with Crippen molar-refractivity contribution in [3.63, 3.8) is 0 Å². The zero-order valence-corrected chi connectivity index (χ0v) is 9.74. The number of ether oxygens (including phenoxy) is 1. The molecule has 6 heteroatoms. The van der Waals surface area contributed by atoms with Gasteiger partial charge < -0.3 is 9.84 Å². The summed E-state index contributed by atoms with van der Waals surface area (Å²) in [4.78, 5) is 15.4. The largest absolute Gasteiger partial charge is 0.477 e. The highest BCUT2D eigenvalue weighted by atomic mass is 16.5. The Bertz CT molecular complexity index is 587. The fourth-order valence-electron chi connectivity index (χ4n) is 2.20. The number of rotatable bonds is 3. The van der Waals surface area contributed by atoms with Crippen LogP contribution in [0.5, 0.6) is 0 Å². The monoisotopic (exact) mass is 247 g/mol. The van der Waals surface area contributed by atoms with Crippen LogP contribution in [-0.4, -0.2) is 38.9 Å². The van der Waals surface area contributed by atoms with Crippen LogP contribution in [0, 0.1) is 5.92 Å². The van der Waals surface area contributed by atoms with Gasteiger partial charge >= 0.3 is 5.97 Å². The Hall–Kier alpha value is -1.95. The summed E-state index contributed by atoms with van der Waals surface area (Å²) in [6.07, 6.45) is 1.75. The molecule has 2 aromatic rings. The van der Waals surface area contributed by atoms with Crippen LogP contribution in [0.1, 0.15) is 22.7 Å². The second-order valence-electron chi connectivity index (χ2n) is 4.45. The molecule has 0 aliphatic carbocycles. The molecule has 1 fully saturated rings. The maximum atomic E-state index is 11.1. The summed E-state index contributed by atoms with van der Waals surface area (Å²) >= 11 is 0. The molecule has 1 N–H and O–H groups in total. The summed E-state index contributed by atoms with van der Waals surface area (Å²) < 4.78 is 6.69. The standard InChI is InChI=1S/C12H13N3O3/c16-12(17)9-2-1-3-11-13-10(14-15(9)11)6-8-4-5-18-7-8/h1-3,8H,4-7H2,(H,16,17). The van der Waals surface area contributed by atoms with E-state index < -0.39 is 5.97 Å². The fraction of sp³-hybridized carbons (Fsp3) is 0.417. The number of fused-ring (bicyclic) bond motifs is 1. The lowest BCUT2D eigenvalue weighted by atomic mass is 10.1. The third-order valence-corrected chi connectivity index (χ3v) is 3.12. The van der Waals surface area contributed by atoms with E-state index in [4.69, 9.17) is 9.84 Å². The zero-order valence-electron chi connectivity index (χ0n) is 9.74. The first-order chi connectivity index (χ1) is 8.74. The number of hydrogen-bond acceptors (Lipinski definition) is 4. The van der Waals surface area contributed by atoms with E-state index in [2.05, 4.69) is 10.1 Å². The number of aromatic carboxylic acids is 1. The summed E-state index contributed by atoms with van der Waals surface area (Å²) in [5.41, 5.74) is 0.706. The van der Waals surface area contributed by atoms with Crippen LogP contribution in [0.4, 0.5) is 0 Å². The summed E-state index contributed by atoms with van der Waals surface area (Å²) in [6.45, 7) is 1.53. The van der Waals surface area contributed by atoms with E-state index in [9.17, 15) is 4.79 Å². The van der Waals surface area contributed by atoms with Gasteiger partial charge in [-0.05, 0) is 24.5 Å². The van der Waals surface area contributed by atoms with Crippen molar-refractivity contribution in [2.24, 2.45) is 5.92 Å². The molecular weight excluding hydrogens is 234 g/mol. The van der Waals surface area contributed by atoms with Crippen molar-refractivity contribution in [2.45, 2.75) is 12.8 Å². The molecule has 18 heavy (non-hydrogen) atoms. The van der Waals surface area contributed by atoms with Crippen LogP contribution < -0.4 is 0 Å². The van der Waals surface area contributed by atoms with Crippen LogP contribution in [0.15, 0.2) is 18.2 Å². The minimum Gasteiger partial charge on any atom is -0.477 e. The van der Waals surface area contributed by atoms with Crippen molar-refractivity contribution < 1.29 is 14.6 Å². The molecule has 3 heterocycles. The van der Waals surface area contributed by atoms with Gasteiger partial charge in [-0.1, -0.05) is 6.07 Å². The molecule has 0 saturated carbocycles. The van der Waals surface area contributed by atoms with E-state index in [1.165, 1.54) is 10.6 Å². The van der Waals surface area contributed by atoms with Gasteiger partial charge in [0.1, 0.15) is 0 Å². The molecule has 0 amide bonds. The summed E-state index contributed by atoms with van der Waals surface area (Å²) in [6, 6.07) is 4.95. The Morgan fingerprint density at radius 2 is 2.44 bits per heavy atom. The van der Waals surface area contributed by atoms with Crippen molar-refractivity contribution >= 4 is 11.6 Å². The molecule has 2 aromatic heterocycles. The van der Waals surface area contributed by atoms with Crippen molar-refractivity contribution in [1.82, 2.24) is 14.6 Å². The lowest BCUT2D eigenvalue weighted by molar-refractivity contribution is 0.0687. The Balaban J connectivity index is 1.94. The number of aromatic nitrogens is 3. The van der Waals surface area contributed by atoms with Crippen molar-refractivity contribution in [2.75, 3.05) is 13.2 Å². The number of hydrogen-bond donors (Lipinski definition) is 1. The summed E-state index contributed by atoms with van der Waals surface area (Å²) in [7, 11) is 0. The van der Waals surface area contributed by atoms with Crippen LogP contribution >= 0.6 is 0 Å². The molecule has 1 aliphatic rings. The average molecular weight is 247 g/mol. The molecule has 1 aliphatic heterocycles. The quantitative estimate of drug-likeness (QED) is 0.875. The van der Waals surface area contributed by atoms with Gasteiger partial charge in [0.2, 0.25) is 0 Å². The Morgan fingerprint density at radius 1 is 1.56 bits per heavy atom. The third-order valence-electron chi connectivity index (χ3n) is 3.12. The van der Waals surface area contributed by atoms with Crippen LogP contribution in [0.25, 0.3) is 5.65 Å². The number of pyridine rings is 1. The van der Waals surface area contributed by atoms with Gasteiger partial charge in [-0.2, -0.15) is 5.10 Å². The molecule has 1 unspecified atom stereocenters. The molecular formula is C12H13N3O3. The Morgan fingerprint density at radius 3 is 3.17 bits per heavy atom. The second-order valence-corrected chi connectivity index (χ2v) is 4.45. The molecule has 3 rings (SSSR count). The molecule has 6 nitrogen and oxygen atoms in total. The minimum absolute atomic E-state index is 0.133. The van der Waals surface area contributed by atoms with E-state index >= 15 is 0 Å². The molecule has 0 aromatic carbocycles. The van der Waals surface area contributed by atoms with E-state index in [0.29, 0.717) is 17.4 Å². The predicted molar refractivity (Wildman–Crippen MR) is 62.6 cm³/mol. The Labute approximate surface area is 103 Å². The molecule has 1 saturated heterocycles. The van der Waals surface area contributed by atoms with Gasteiger partial charge in [0, 0.05) is 19.6 Å². The lowest BCUT2D eigenvalue weighted by Gasteiger charge is -2.01. The van der Waals surface area contributed by atoms with Crippen LogP contribution in [-0.2, 0) is 11.2 Å². The van der Waals surface area contributed by atoms with Gasteiger partial charge in [-0.3, -0.25) is 0 Å². The van der Waals surface area contributed by atoms with E-state index in [0.717, 1.165) is 26.1 Å². The lowest BCUT2D eigenvalue weighted by Crippen LogP contribution is -2.07. The Kier molecular flexibility index (Phi) is 2.71. The summed E-state index contributed by atoms with van der Waals surface area (Å²) in [5, 5.41) is 13.3. The van der Waals surface area contributed by atoms with Crippen LogP contribution in [0.3, 0.4) is 0 Å². The predicted octanol–water partition coefficient (Wildman–Crippen LogP) is 1.01. The summed E-state index contributed by atoms with van der Waals surface area (Å²) in [5.74, 6) is 0.121. The van der Waals surface area contributed by atoms with Gasteiger partial charge in [-0.25, -0.2) is 14.3 Å². The normalized spacial score (nSPS) is 19.4. The first kappa shape index (κ1) is 11.2. The fourth-order valence-corrected chi connectivity index (χ4v) is 2.20. The van der Waals surface area contributed by atoms with Crippen molar-refractivity contribution in [3.8, 4) is 0 Å². The molecule has 0 bridgehead atoms. The number of carboxylic acid groups (broad SMARTS) is 1. The first-order valence-corrected chi connectivity index (χ1v) is 5.90. The van der Waals surface area contributed by atoms with E-state index in [-0.39, 0.29) is 5.69 Å². The average Bonchev–Trinajstić information content (AvgIpc) is 2.96. The molecule has 94 valence electrons. The van der Waals surface area contributed by atoms with E-state index in [1.807, 2.05) is 0 Å². The highest BCUT2D eigenvalue weighted by Gasteiger charge is 2.19. The SMILES string of the molecule is O=C(O)c1cccc2nc(CC3CCOC3)nn12. The number of nitrogens with zero attached hydrogens (tertiary/aromatic N) is 3. The number of carboxylic acids is 1. The zero-order chi connectivity index (χ0) is 12.5. The molecule has 1 atom stereocenters. The van der Waals surface area contributed by atoms with Gasteiger partial charge in [0.25, 0.3) is 0 Å². The smallest absolute Gasteiger partial charge is 0.354 e. The highest BCUT2D eigenvalue weighted by Crippen LogP contribution is 2.17. The first-order valence-electron chi connectivity index (χ1n) is 5.90. The molecule has 0 radical (unpaired) electrons. The minimum atomic E-state index is -0.999. The van der Waals surface area contributed by atoms with Crippen LogP contribution in [0.2, 0.25) is 0 Å². The highest BCUT2D eigenvalue weighted by molar-refractivity contribution is 5.86. The van der Waals surface area contributed by atoms with Crippen molar-refractivity contribution in [3.05, 3.63) is 29.7 Å².